The van der Waals surface area contributed by atoms with Gasteiger partial charge in [0.1, 0.15) is 6.29 Å². The van der Waals surface area contributed by atoms with Crippen LogP contribution in [0.2, 0.25) is 0 Å². The van der Waals surface area contributed by atoms with Crippen LogP contribution in [-0.2, 0) is 4.79 Å². The Morgan fingerprint density at radius 2 is 2.25 bits per heavy atom. The molecule has 0 radical (unpaired) electrons. The quantitative estimate of drug-likeness (QED) is 0.476. The number of aliphatic hydroxyl groups is 1. The fraction of sp³-hybridized carbons (Fsp3) is 0.700. The van der Waals surface area contributed by atoms with Gasteiger partial charge in [-0.15, -0.1) is 0 Å². The average molecular weight is 168 g/mol. The van der Waals surface area contributed by atoms with E-state index in [9.17, 15) is 9.90 Å². The van der Waals surface area contributed by atoms with Gasteiger partial charge in [-0.25, -0.2) is 0 Å². The Bertz CT molecular complexity index is 216. The molecule has 0 aromatic rings. The van der Waals surface area contributed by atoms with Crippen molar-refractivity contribution >= 4 is 6.29 Å². The maximum absolute atomic E-state index is 10.8. The third kappa shape index (κ3) is 1.31. The van der Waals surface area contributed by atoms with Crippen LogP contribution < -0.4 is 0 Å². The van der Waals surface area contributed by atoms with E-state index in [-0.39, 0.29) is 11.3 Å². The number of hydrogen-bond acceptors (Lipinski definition) is 2. The molecule has 0 saturated heterocycles. The molecule has 0 amide bonds. The number of rotatable bonds is 1. The minimum atomic E-state index is -0.392. The van der Waals surface area contributed by atoms with E-state index in [4.69, 9.17) is 0 Å². The Labute approximate surface area is 73.3 Å². The van der Waals surface area contributed by atoms with Crippen molar-refractivity contribution in [1.82, 2.24) is 0 Å². The Morgan fingerprint density at radius 3 is 2.67 bits per heavy atom. The predicted octanol–water partition coefficient (Wildman–Crippen LogP) is 1.54. The van der Waals surface area contributed by atoms with E-state index < -0.39 is 6.10 Å². The molecule has 0 saturated carbocycles. The molecule has 0 aromatic heterocycles. The van der Waals surface area contributed by atoms with Gasteiger partial charge >= 0.3 is 0 Å². The van der Waals surface area contributed by atoms with Crippen LogP contribution in [0.15, 0.2) is 11.6 Å². The fourth-order valence-corrected chi connectivity index (χ4v) is 1.80. The van der Waals surface area contributed by atoms with E-state index >= 15 is 0 Å². The van der Waals surface area contributed by atoms with Crippen molar-refractivity contribution in [3.8, 4) is 0 Å². The number of hydrogen-bond donors (Lipinski definition) is 1. The molecular weight excluding hydrogens is 152 g/mol. The summed E-state index contributed by atoms with van der Waals surface area (Å²) in [7, 11) is 0. The highest BCUT2D eigenvalue weighted by Crippen LogP contribution is 2.39. The van der Waals surface area contributed by atoms with Gasteiger partial charge in [-0.3, -0.25) is 0 Å². The molecular formula is C10H16O2. The number of aliphatic hydroxyl groups excluding tert-OH is 1. The first-order valence-corrected chi connectivity index (χ1v) is 4.30. The van der Waals surface area contributed by atoms with E-state index in [1.165, 1.54) is 0 Å². The predicted molar refractivity (Wildman–Crippen MR) is 47.7 cm³/mol. The zero-order valence-corrected chi connectivity index (χ0v) is 7.87. The maximum Gasteiger partial charge on any atom is 0.127 e. The number of aldehydes is 1. The maximum atomic E-state index is 10.8. The Balaban J connectivity index is 2.99. The van der Waals surface area contributed by atoms with Crippen molar-refractivity contribution in [2.75, 3.05) is 0 Å². The van der Waals surface area contributed by atoms with Gasteiger partial charge in [0.25, 0.3) is 0 Å². The third-order valence-electron chi connectivity index (χ3n) is 2.95. The zero-order valence-electron chi connectivity index (χ0n) is 7.87. The summed E-state index contributed by atoms with van der Waals surface area (Å²) in [5, 5.41) is 9.65. The number of carbonyl (C=O) groups excluding carboxylic acids is 1. The van der Waals surface area contributed by atoms with Crippen molar-refractivity contribution in [3.05, 3.63) is 11.6 Å². The standard InChI is InChI=1S/C10H16O2/c1-7-4-5-9(12)10(2,3)8(7)6-11/h4,6,8-9,12H,5H2,1-3H3. The molecule has 2 atom stereocenters. The van der Waals surface area contributed by atoms with Crippen LogP contribution in [0.25, 0.3) is 0 Å². The van der Waals surface area contributed by atoms with Crippen LogP contribution in [0.5, 0.6) is 0 Å². The molecule has 12 heavy (non-hydrogen) atoms. The lowest BCUT2D eigenvalue weighted by molar-refractivity contribution is -0.116. The van der Waals surface area contributed by atoms with Crippen LogP contribution in [-0.4, -0.2) is 17.5 Å². The summed E-state index contributed by atoms with van der Waals surface area (Å²) in [5.41, 5.74) is 0.779. The molecule has 1 rings (SSSR count). The lowest BCUT2D eigenvalue weighted by Crippen LogP contribution is -2.40. The van der Waals surface area contributed by atoms with Gasteiger partial charge < -0.3 is 9.90 Å². The summed E-state index contributed by atoms with van der Waals surface area (Å²) in [4.78, 5) is 10.8. The van der Waals surface area contributed by atoms with Crippen molar-refractivity contribution < 1.29 is 9.90 Å². The zero-order chi connectivity index (χ0) is 9.35. The molecule has 1 aliphatic rings. The van der Waals surface area contributed by atoms with E-state index in [0.29, 0.717) is 6.42 Å². The van der Waals surface area contributed by atoms with Gasteiger partial charge in [-0.1, -0.05) is 25.5 Å². The summed E-state index contributed by atoms with van der Waals surface area (Å²) in [6, 6.07) is 0. The average Bonchev–Trinajstić information content (AvgIpc) is 1.98. The third-order valence-corrected chi connectivity index (χ3v) is 2.95. The smallest absolute Gasteiger partial charge is 0.127 e. The monoisotopic (exact) mass is 168 g/mol. The highest BCUT2D eigenvalue weighted by atomic mass is 16.3. The topological polar surface area (TPSA) is 37.3 Å². The van der Waals surface area contributed by atoms with E-state index in [1.807, 2.05) is 26.8 Å². The summed E-state index contributed by atoms with van der Waals surface area (Å²) >= 11 is 0. The van der Waals surface area contributed by atoms with Crippen LogP contribution in [0, 0.1) is 11.3 Å². The van der Waals surface area contributed by atoms with Crippen molar-refractivity contribution in [3.63, 3.8) is 0 Å². The van der Waals surface area contributed by atoms with Crippen LogP contribution >= 0.6 is 0 Å². The summed E-state index contributed by atoms with van der Waals surface area (Å²) in [6.45, 7) is 5.83. The molecule has 0 heterocycles. The Morgan fingerprint density at radius 1 is 1.67 bits per heavy atom. The number of allylic oxidation sites excluding steroid dienone is 1. The first kappa shape index (κ1) is 9.46. The SMILES string of the molecule is CC1=CCC(O)C(C)(C)C1C=O. The molecule has 0 spiro atoms. The fourth-order valence-electron chi connectivity index (χ4n) is 1.80. The lowest BCUT2D eigenvalue weighted by atomic mass is 9.67. The second kappa shape index (κ2) is 3.02. The second-order valence-corrected chi connectivity index (χ2v) is 4.13. The second-order valence-electron chi connectivity index (χ2n) is 4.13. The van der Waals surface area contributed by atoms with Gasteiger partial charge in [0.05, 0.1) is 6.10 Å². The number of carbonyl (C=O) groups is 1. The van der Waals surface area contributed by atoms with Crippen molar-refractivity contribution in [2.45, 2.75) is 33.3 Å². The highest BCUT2D eigenvalue weighted by Gasteiger charge is 2.39. The first-order valence-electron chi connectivity index (χ1n) is 4.30. The molecule has 0 fully saturated rings. The van der Waals surface area contributed by atoms with Gasteiger partial charge in [0, 0.05) is 11.3 Å². The molecule has 1 aliphatic carbocycles. The van der Waals surface area contributed by atoms with Crippen molar-refractivity contribution in [1.29, 1.82) is 0 Å². The summed E-state index contributed by atoms with van der Waals surface area (Å²) < 4.78 is 0. The first-order chi connectivity index (χ1) is 5.50. The summed E-state index contributed by atoms with van der Waals surface area (Å²) in [6.07, 6.45) is 3.17. The van der Waals surface area contributed by atoms with E-state index in [1.54, 1.807) is 0 Å². The highest BCUT2D eigenvalue weighted by molar-refractivity contribution is 5.61. The van der Waals surface area contributed by atoms with Crippen LogP contribution in [0.4, 0.5) is 0 Å². The Kier molecular flexibility index (Phi) is 2.38. The molecule has 0 bridgehead atoms. The minimum absolute atomic E-state index is 0.124. The van der Waals surface area contributed by atoms with Gasteiger partial charge in [-0.2, -0.15) is 0 Å². The molecule has 0 aromatic carbocycles. The molecule has 68 valence electrons. The Hall–Kier alpha value is -0.630. The van der Waals surface area contributed by atoms with Crippen molar-refractivity contribution in [2.24, 2.45) is 11.3 Å². The van der Waals surface area contributed by atoms with Gasteiger partial charge in [0.2, 0.25) is 0 Å². The van der Waals surface area contributed by atoms with E-state index in [0.717, 1.165) is 11.9 Å². The van der Waals surface area contributed by atoms with E-state index in [2.05, 4.69) is 0 Å². The molecule has 2 nitrogen and oxygen atoms in total. The normalized spacial score (nSPS) is 34.2. The molecule has 2 heteroatoms. The molecule has 2 unspecified atom stereocenters. The van der Waals surface area contributed by atoms with Crippen LogP contribution in [0.3, 0.4) is 0 Å². The molecule has 1 N–H and O–H groups in total. The summed E-state index contributed by atoms with van der Waals surface area (Å²) in [5.74, 6) is -0.124. The largest absolute Gasteiger partial charge is 0.392 e. The van der Waals surface area contributed by atoms with Gasteiger partial charge in [0.15, 0.2) is 0 Å². The van der Waals surface area contributed by atoms with Crippen LogP contribution in [0.1, 0.15) is 27.2 Å². The van der Waals surface area contributed by atoms with Gasteiger partial charge in [-0.05, 0) is 13.3 Å². The lowest BCUT2D eigenvalue weighted by Gasteiger charge is -2.39. The molecule has 0 aliphatic heterocycles. The minimum Gasteiger partial charge on any atom is -0.392 e.